The standard InChI is InChI=1S/C10H8O4.C6H14N2/c11-9(12)7-3-4-8(10(13)14)6-2-1-5(6)7;7-5-3-1-2-4-6(5)8/h3-4H,1-2H2,(H,11,12)(H,13,14);5-6H,1-4,7-8H2. The smallest absolute Gasteiger partial charge is 0.335 e. The van der Waals surface area contributed by atoms with Gasteiger partial charge in [-0.1, -0.05) is 12.8 Å². The Hall–Kier alpha value is -1.92. The van der Waals surface area contributed by atoms with Gasteiger partial charge in [0.2, 0.25) is 0 Å². The van der Waals surface area contributed by atoms with E-state index in [0.717, 1.165) is 12.8 Å². The van der Waals surface area contributed by atoms with Gasteiger partial charge < -0.3 is 21.7 Å². The third-order valence-electron chi connectivity index (χ3n) is 4.39. The average molecular weight is 306 g/mol. The molecule has 2 aliphatic carbocycles. The average Bonchev–Trinajstić information content (AvgIpc) is 2.43. The molecular weight excluding hydrogens is 284 g/mol. The number of benzene rings is 1. The molecule has 0 spiro atoms. The van der Waals surface area contributed by atoms with Gasteiger partial charge in [0.15, 0.2) is 0 Å². The third kappa shape index (κ3) is 3.45. The monoisotopic (exact) mass is 306 g/mol. The number of nitrogens with two attached hydrogens (primary N) is 2. The lowest BCUT2D eigenvalue weighted by Gasteiger charge is -2.24. The number of carboxylic acid groups (broad SMARTS) is 2. The normalized spacial score (nSPS) is 22.6. The molecule has 2 aliphatic rings. The molecule has 3 rings (SSSR count). The van der Waals surface area contributed by atoms with Gasteiger partial charge in [0.25, 0.3) is 0 Å². The van der Waals surface area contributed by atoms with Gasteiger partial charge in [-0.05, 0) is 48.9 Å². The summed E-state index contributed by atoms with van der Waals surface area (Å²) < 4.78 is 0. The van der Waals surface area contributed by atoms with E-state index in [1.165, 1.54) is 25.0 Å². The van der Waals surface area contributed by atoms with Gasteiger partial charge in [0.05, 0.1) is 11.1 Å². The van der Waals surface area contributed by atoms with Crippen LogP contribution in [0.25, 0.3) is 0 Å². The molecule has 0 heterocycles. The molecule has 120 valence electrons. The van der Waals surface area contributed by atoms with E-state index in [4.69, 9.17) is 21.7 Å². The first-order valence-electron chi connectivity index (χ1n) is 7.54. The molecule has 0 amide bonds. The van der Waals surface area contributed by atoms with Crippen molar-refractivity contribution in [3.05, 3.63) is 34.4 Å². The molecule has 1 aromatic rings. The topological polar surface area (TPSA) is 127 Å². The highest BCUT2D eigenvalue weighted by Gasteiger charge is 2.26. The zero-order chi connectivity index (χ0) is 16.3. The predicted octanol–water partition coefficient (Wildman–Crippen LogP) is 1.40. The maximum Gasteiger partial charge on any atom is 0.335 e. The summed E-state index contributed by atoms with van der Waals surface area (Å²) >= 11 is 0. The van der Waals surface area contributed by atoms with Crippen molar-refractivity contribution >= 4 is 11.9 Å². The number of carbonyl (C=O) groups is 2. The molecule has 1 fully saturated rings. The molecule has 6 nitrogen and oxygen atoms in total. The van der Waals surface area contributed by atoms with Gasteiger partial charge in [0.1, 0.15) is 0 Å². The van der Waals surface area contributed by atoms with Crippen LogP contribution in [0.5, 0.6) is 0 Å². The predicted molar refractivity (Wildman–Crippen MR) is 82.2 cm³/mol. The molecular formula is C16H22N2O4. The molecule has 6 N–H and O–H groups in total. The molecule has 0 radical (unpaired) electrons. The van der Waals surface area contributed by atoms with Crippen molar-refractivity contribution in [2.45, 2.75) is 50.6 Å². The molecule has 2 unspecified atom stereocenters. The van der Waals surface area contributed by atoms with Gasteiger partial charge in [-0.15, -0.1) is 0 Å². The van der Waals surface area contributed by atoms with Crippen LogP contribution in [0.1, 0.15) is 57.5 Å². The Morgan fingerprint density at radius 2 is 1.23 bits per heavy atom. The summed E-state index contributed by atoms with van der Waals surface area (Å²) in [4.78, 5) is 21.5. The molecule has 0 saturated heterocycles. The Morgan fingerprint density at radius 3 is 1.45 bits per heavy atom. The van der Waals surface area contributed by atoms with Crippen LogP contribution in [0, 0.1) is 0 Å². The Bertz CT molecular complexity index is 535. The van der Waals surface area contributed by atoms with Gasteiger partial charge in [-0.3, -0.25) is 0 Å². The lowest BCUT2D eigenvalue weighted by Crippen LogP contribution is -2.43. The van der Waals surface area contributed by atoms with Crippen molar-refractivity contribution in [1.29, 1.82) is 0 Å². The van der Waals surface area contributed by atoms with E-state index in [2.05, 4.69) is 0 Å². The van der Waals surface area contributed by atoms with Crippen molar-refractivity contribution in [3.63, 3.8) is 0 Å². The fraction of sp³-hybridized carbons (Fsp3) is 0.500. The minimum atomic E-state index is -0.988. The van der Waals surface area contributed by atoms with Crippen LogP contribution in [0.15, 0.2) is 12.1 Å². The molecule has 0 bridgehead atoms. The maximum atomic E-state index is 10.7. The Labute approximate surface area is 129 Å². The van der Waals surface area contributed by atoms with Gasteiger partial charge in [-0.25, -0.2) is 9.59 Å². The molecule has 22 heavy (non-hydrogen) atoms. The first-order valence-corrected chi connectivity index (χ1v) is 7.54. The summed E-state index contributed by atoms with van der Waals surface area (Å²) in [6.45, 7) is 0. The van der Waals surface area contributed by atoms with Crippen molar-refractivity contribution < 1.29 is 19.8 Å². The van der Waals surface area contributed by atoms with Crippen LogP contribution in [0.2, 0.25) is 0 Å². The second-order valence-electron chi connectivity index (χ2n) is 5.84. The minimum Gasteiger partial charge on any atom is -0.478 e. The Kier molecular flexibility index (Phi) is 5.15. The molecule has 0 aliphatic heterocycles. The fourth-order valence-electron chi connectivity index (χ4n) is 2.93. The third-order valence-corrected chi connectivity index (χ3v) is 4.39. The molecule has 0 aromatic heterocycles. The number of rotatable bonds is 2. The summed E-state index contributed by atoms with van der Waals surface area (Å²) in [5.74, 6) is -1.98. The van der Waals surface area contributed by atoms with Crippen LogP contribution >= 0.6 is 0 Å². The Morgan fingerprint density at radius 1 is 0.864 bits per heavy atom. The van der Waals surface area contributed by atoms with Crippen LogP contribution < -0.4 is 11.5 Å². The van der Waals surface area contributed by atoms with E-state index in [1.807, 2.05) is 0 Å². The van der Waals surface area contributed by atoms with Gasteiger partial charge >= 0.3 is 11.9 Å². The number of hydrogen-bond acceptors (Lipinski definition) is 4. The summed E-state index contributed by atoms with van der Waals surface area (Å²) in [6.07, 6.45) is 6.13. The van der Waals surface area contributed by atoms with E-state index in [9.17, 15) is 9.59 Å². The quantitative estimate of drug-likeness (QED) is 0.654. The summed E-state index contributed by atoms with van der Waals surface area (Å²) in [5.41, 5.74) is 13.1. The van der Waals surface area contributed by atoms with Crippen LogP contribution in [0.3, 0.4) is 0 Å². The van der Waals surface area contributed by atoms with E-state index in [1.54, 1.807) is 0 Å². The molecule has 1 saturated carbocycles. The summed E-state index contributed by atoms with van der Waals surface area (Å²) in [5, 5.41) is 17.6. The lowest BCUT2D eigenvalue weighted by atomic mass is 9.81. The highest BCUT2D eigenvalue weighted by molar-refractivity contribution is 5.95. The van der Waals surface area contributed by atoms with Crippen molar-refractivity contribution in [2.75, 3.05) is 0 Å². The molecule has 1 aromatic carbocycles. The SMILES string of the molecule is NC1CCCCC1N.O=C(O)c1ccc(C(=O)O)c2c1CC2. The zero-order valence-corrected chi connectivity index (χ0v) is 12.4. The van der Waals surface area contributed by atoms with Gasteiger partial charge in [-0.2, -0.15) is 0 Å². The first-order chi connectivity index (χ1) is 10.4. The summed E-state index contributed by atoms with van der Waals surface area (Å²) in [6, 6.07) is 3.29. The minimum absolute atomic E-state index is 0.233. The lowest BCUT2D eigenvalue weighted by molar-refractivity contribution is 0.0677. The van der Waals surface area contributed by atoms with Crippen LogP contribution in [-0.4, -0.2) is 34.2 Å². The number of carboxylic acids is 2. The number of fused-ring (bicyclic) bond motifs is 1. The molecule has 2 atom stereocenters. The number of hydrogen-bond donors (Lipinski definition) is 4. The second-order valence-corrected chi connectivity index (χ2v) is 5.84. The van der Waals surface area contributed by atoms with E-state index in [0.29, 0.717) is 24.0 Å². The largest absolute Gasteiger partial charge is 0.478 e. The van der Waals surface area contributed by atoms with E-state index >= 15 is 0 Å². The zero-order valence-electron chi connectivity index (χ0n) is 12.4. The highest BCUT2D eigenvalue weighted by Crippen LogP contribution is 2.30. The van der Waals surface area contributed by atoms with Crippen LogP contribution in [-0.2, 0) is 12.8 Å². The van der Waals surface area contributed by atoms with Crippen molar-refractivity contribution in [3.8, 4) is 0 Å². The first kappa shape index (κ1) is 16.5. The van der Waals surface area contributed by atoms with Crippen molar-refractivity contribution in [1.82, 2.24) is 0 Å². The number of aromatic carboxylic acids is 2. The van der Waals surface area contributed by atoms with Gasteiger partial charge in [0, 0.05) is 12.1 Å². The maximum absolute atomic E-state index is 10.7. The highest BCUT2D eigenvalue weighted by atomic mass is 16.4. The summed E-state index contributed by atoms with van der Waals surface area (Å²) in [7, 11) is 0. The van der Waals surface area contributed by atoms with Crippen LogP contribution in [0.4, 0.5) is 0 Å². The van der Waals surface area contributed by atoms with Crippen molar-refractivity contribution in [2.24, 2.45) is 11.5 Å². The molecule has 6 heteroatoms. The van der Waals surface area contributed by atoms with E-state index < -0.39 is 11.9 Å². The second kappa shape index (κ2) is 6.89. The fourth-order valence-corrected chi connectivity index (χ4v) is 2.93. The Balaban J connectivity index is 0.000000188. The van der Waals surface area contributed by atoms with E-state index in [-0.39, 0.29) is 23.2 Å².